The van der Waals surface area contributed by atoms with Crippen LogP contribution in [0.4, 0.5) is 0 Å². The number of hydrogen-bond acceptors (Lipinski definition) is 2. The first-order chi connectivity index (χ1) is 9.22. The highest BCUT2D eigenvalue weighted by atomic mass is 79.9. The second kappa shape index (κ2) is 5.94. The molecule has 1 N–H and O–H groups in total. The molecule has 0 saturated carbocycles. The van der Waals surface area contributed by atoms with Crippen LogP contribution in [-0.2, 0) is 6.54 Å². The van der Waals surface area contributed by atoms with Gasteiger partial charge in [-0.2, -0.15) is 0 Å². The Morgan fingerprint density at radius 1 is 1.32 bits per heavy atom. The molecule has 2 saturated heterocycles. The normalized spacial score (nSPS) is 27.5. The van der Waals surface area contributed by atoms with Gasteiger partial charge in [-0.15, -0.1) is 0 Å². The van der Waals surface area contributed by atoms with Crippen LogP contribution in [-0.4, -0.2) is 30.1 Å². The van der Waals surface area contributed by atoms with E-state index >= 15 is 0 Å². The first-order valence-electron chi connectivity index (χ1n) is 7.45. The largest absolute Gasteiger partial charge is 0.310 e. The van der Waals surface area contributed by atoms with Crippen LogP contribution in [0.3, 0.4) is 0 Å². The number of rotatable bonds is 3. The molecular weight excluding hydrogens is 300 g/mol. The first kappa shape index (κ1) is 13.6. The second-order valence-corrected chi connectivity index (χ2v) is 6.87. The van der Waals surface area contributed by atoms with Crippen molar-refractivity contribution in [1.29, 1.82) is 0 Å². The fraction of sp³-hybridized carbons (Fsp3) is 0.625. The lowest BCUT2D eigenvalue weighted by atomic mass is 9.97. The summed E-state index contributed by atoms with van der Waals surface area (Å²) in [5.74, 6) is 0. The molecule has 0 radical (unpaired) electrons. The monoisotopic (exact) mass is 322 g/mol. The molecule has 1 aromatic carbocycles. The summed E-state index contributed by atoms with van der Waals surface area (Å²) < 4.78 is 1.20. The lowest BCUT2D eigenvalue weighted by Gasteiger charge is -2.35. The highest BCUT2D eigenvalue weighted by Gasteiger charge is 2.31. The van der Waals surface area contributed by atoms with Crippen LogP contribution in [0.15, 0.2) is 22.7 Å². The Balaban J connectivity index is 1.53. The SMILES string of the molecule is Cc1cc(CNC2CCN3CCCC3C2)ccc1Br. The number of halogens is 1. The molecule has 2 fully saturated rings. The quantitative estimate of drug-likeness (QED) is 0.916. The molecule has 2 atom stereocenters. The van der Waals surface area contributed by atoms with Gasteiger partial charge in [0.1, 0.15) is 0 Å². The highest BCUT2D eigenvalue weighted by Crippen LogP contribution is 2.27. The minimum absolute atomic E-state index is 0.711. The summed E-state index contributed by atoms with van der Waals surface area (Å²) in [6, 6.07) is 8.23. The average Bonchev–Trinajstić information content (AvgIpc) is 2.87. The molecule has 1 aromatic rings. The van der Waals surface area contributed by atoms with Crippen LogP contribution in [0.25, 0.3) is 0 Å². The Morgan fingerprint density at radius 3 is 3.05 bits per heavy atom. The number of hydrogen-bond donors (Lipinski definition) is 1. The third-order valence-electron chi connectivity index (χ3n) is 4.64. The molecule has 0 amide bonds. The number of aryl methyl sites for hydroxylation is 1. The molecule has 2 aliphatic heterocycles. The smallest absolute Gasteiger partial charge is 0.0208 e. The summed E-state index contributed by atoms with van der Waals surface area (Å²) in [5, 5.41) is 3.76. The van der Waals surface area contributed by atoms with Gasteiger partial charge in [0.25, 0.3) is 0 Å². The third kappa shape index (κ3) is 3.21. The van der Waals surface area contributed by atoms with Crippen molar-refractivity contribution >= 4 is 15.9 Å². The predicted molar refractivity (Wildman–Crippen MR) is 83.3 cm³/mol. The maximum absolute atomic E-state index is 3.76. The summed E-state index contributed by atoms with van der Waals surface area (Å²) in [5.41, 5.74) is 2.72. The van der Waals surface area contributed by atoms with Gasteiger partial charge < -0.3 is 10.2 Å². The van der Waals surface area contributed by atoms with E-state index in [2.05, 4.69) is 51.3 Å². The Bertz CT molecular complexity index is 446. The van der Waals surface area contributed by atoms with E-state index in [4.69, 9.17) is 0 Å². The predicted octanol–water partition coefficient (Wildman–Crippen LogP) is 3.47. The first-order valence-corrected chi connectivity index (χ1v) is 8.24. The zero-order valence-corrected chi connectivity index (χ0v) is 13.2. The van der Waals surface area contributed by atoms with E-state index in [0.29, 0.717) is 6.04 Å². The number of nitrogens with one attached hydrogen (secondary N) is 1. The lowest BCUT2D eigenvalue weighted by molar-refractivity contribution is 0.166. The third-order valence-corrected chi connectivity index (χ3v) is 5.53. The van der Waals surface area contributed by atoms with Gasteiger partial charge in [0, 0.05) is 23.1 Å². The van der Waals surface area contributed by atoms with Gasteiger partial charge in [-0.25, -0.2) is 0 Å². The maximum atomic E-state index is 3.76. The van der Waals surface area contributed by atoms with Crippen LogP contribution >= 0.6 is 15.9 Å². The molecule has 2 nitrogen and oxygen atoms in total. The Labute approximate surface area is 124 Å². The second-order valence-electron chi connectivity index (χ2n) is 6.02. The minimum Gasteiger partial charge on any atom is -0.310 e. The summed E-state index contributed by atoms with van der Waals surface area (Å²) in [7, 11) is 0. The Hall–Kier alpha value is -0.380. The zero-order chi connectivity index (χ0) is 13.2. The van der Waals surface area contributed by atoms with Gasteiger partial charge in [-0.05, 0) is 62.9 Å². The summed E-state index contributed by atoms with van der Waals surface area (Å²) in [6.45, 7) is 5.79. The molecule has 19 heavy (non-hydrogen) atoms. The van der Waals surface area contributed by atoms with Gasteiger partial charge in [-0.1, -0.05) is 28.1 Å². The molecule has 2 aliphatic rings. The van der Waals surface area contributed by atoms with Crippen molar-refractivity contribution in [3.8, 4) is 0 Å². The molecule has 2 unspecified atom stereocenters. The number of piperidine rings is 1. The van der Waals surface area contributed by atoms with Crippen LogP contribution in [0.5, 0.6) is 0 Å². The van der Waals surface area contributed by atoms with E-state index in [1.807, 2.05) is 0 Å². The zero-order valence-electron chi connectivity index (χ0n) is 11.7. The van der Waals surface area contributed by atoms with Crippen molar-refractivity contribution in [2.24, 2.45) is 0 Å². The van der Waals surface area contributed by atoms with Crippen molar-refractivity contribution in [3.63, 3.8) is 0 Å². The van der Waals surface area contributed by atoms with Gasteiger partial charge in [0.2, 0.25) is 0 Å². The van der Waals surface area contributed by atoms with E-state index in [1.54, 1.807) is 0 Å². The minimum atomic E-state index is 0.711. The molecule has 0 aromatic heterocycles. The van der Waals surface area contributed by atoms with Crippen molar-refractivity contribution < 1.29 is 0 Å². The molecule has 0 spiro atoms. The van der Waals surface area contributed by atoms with Crippen LogP contribution in [0.1, 0.15) is 36.8 Å². The van der Waals surface area contributed by atoms with Gasteiger partial charge in [-0.3, -0.25) is 0 Å². The molecule has 0 bridgehead atoms. The van der Waals surface area contributed by atoms with Gasteiger partial charge >= 0.3 is 0 Å². The van der Waals surface area contributed by atoms with Crippen molar-refractivity contribution in [1.82, 2.24) is 10.2 Å². The topological polar surface area (TPSA) is 15.3 Å². The van der Waals surface area contributed by atoms with Gasteiger partial charge in [0.15, 0.2) is 0 Å². The molecule has 2 heterocycles. The van der Waals surface area contributed by atoms with E-state index in [9.17, 15) is 0 Å². The van der Waals surface area contributed by atoms with E-state index in [0.717, 1.165) is 12.6 Å². The lowest BCUT2D eigenvalue weighted by Crippen LogP contribution is -2.45. The van der Waals surface area contributed by atoms with Crippen molar-refractivity contribution in [3.05, 3.63) is 33.8 Å². The average molecular weight is 323 g/mol. The summed E-state index contributed by atoms with van der Waals surface area (Å²) in [4.78, 5) is 2.68. The molecule has 104 valence electrons. The number of fused-ring (bicyclic) bond motifs is 1. The Kier molecular flexibility index (Phi) is 4.25. The van der Waals surface area contributed by atoms with Crippen molar-refractivity contribution in [2.75, 3.05) is 13.1 Å². The van der Waals surface area contributed by atoms with Crippen molar-refractivity contribution in [2.45, 2.75) is 51.2 Å². The van der Waals surface area contributed by atoms with E-state index < -0.39 is 0 Å². The van der Waals surface area contributed by atoms with Crippen LogP contribution in [0.2, 0.25) is 0 Å². The standard InChI is InChI=1S/C16H23BrN2/c1-12-9-13(4-5-16(12)17)11-18-14-6-8-19-7-2-3-15(19)10-14/h4-5,9,14-15,18H,2-3,6-8,10-11H2,1H3. The number of benzene rings is 1. The fourth-order valence-electron chi connectivity index (χ4n) is 3.49. The molecule has 0 aliphatic carbocycles. The molecule has 3 rings (SSSR count). The highest BCUT2D eigenvalue weighted by molar-refractivity contribution is 9.10. The summed E-state index contributed by atoms with van der Waals surface area (Å²) in [6.07, 6.45) is 5.47. The van der Waals surface area contributed by atoms with E-state index in [1.165, 1.54) is 54.4 Å². The summed E-state index contributed by atoms with van der Waals surface area (Å²) >= 11 is 3.56. The molecule has 3 heteroatoms. The molecular formula is C16H23BrN2. The van der Waals surface area contributed by atoms with Crippen LogP contribution in [0, 0.1) is 6.92 Å². The van der Waals surface area contributed by atoms with E-state index in [-0.39, 0.29) is 0 Å². The van der Waals surface area contributed by atoms with Crippen LogP contribution < -0.4 is 5.32 Å². The van der Waals surface area contributed by atoms with Gasteiger partial charge in [0.05, 0.1) is 0 Å². The maximum Gasteiger partial charge on any atom is 0.0208 e. The fourth-order valence-corrected chi connectivity index (χ4v) is 3.74. The number of nitrogens with zero attached hydrogens (tertiary/aromatic N) is 1. The Morgan fingerprint density at radius 2 is 2.21 bits per heavy atom.